The van der Waals surface area contributed by atoms with Gasteiger partial charge in [0.1, 0.15) is 5.82 Å². The van der Waals surface area contributed by atoms with Gasteiger partial charge in [0.15, 0.2) is 0 Å². The van der Waals surface area contributed by atoms with E-state index >= 15 is 0 Å². The summed E-state index contributed by atoms with van der Waals surface area (Å²) in [6.07, 6.45) is 3.34. The summed E-state index contributed by atoms with van der Waals surface area (Å²) in [7, 11) is 0. The van der Waals surface area contributed by atoms with E-state index < -0.39 is 6.03 Å². The maximum atomic E-state index is 13.0. The summed E-state index contributed by atoms with van der Waals surface area (Å²) >= 11 is 0. The van der Waals surface area contributed by atoms with Gasteiger partial charge in [-0.25, -0.2) is 13.9 Å². The first-order valence-corrected chi connectivity index (χ1v) is 9.28. The smallest absolute Gasteiger partial charge is 0.319 e. The van der Waals surface area contributed by atoms with Crippen LogP contribution in [0.2, 0.25) is 0 Å². The van der Waals surface area contributed by atoms with Crippen molar-refractivity contribution in [3.05, 3.63) is 100 Å². The Hall–Kier alpha value is -4.07. The molecule has 7 nitrogen and oxygen atoms in total. The van der Waals surface area contributed by atoms with Crippen molar-refractivity contribution in [2.24, 2.45) is 0 Å². The second kappa shape index (κ2) is 8.52. The summed E-state index contributed by atoms with van der Waals surface area (Å²) < 4.78 is 14.4. The van der Waals surface area contributed by atoms with Crippen LogP contribution >= 0.6 is 0 Å². The molecule has 4 aromatic rings. The number of nitrogens with one attached hydrogen (secondary N) is 2. The molecule has 2 aromatic heterocycles. The van der Waals surface area contributed by atoms with E-state index in [1.807, 2.05) is 12.1 Å². The minimum Gasteiger partial charge on any atom is -0.332 e. The number of carbonyl (C=O) groups is 1. The summed E-state index contributed by atoms with van der Waals surface area (Å²) in [5.41, 5.74) is 1.65. The quantitative estimate of drug-likeness (QED) is 0.535. The Balaban J connectivity index is 1.58. The van der Waals surface area contributed by atoms with E-state index in [4.69, 9.17) is 0 Å². The highest BCUT2D eigenvalue weighted by molar-refractivity contribution is 5.89. The number of rotatable bonds is 5. The molecule has 0 aliphatic heterocycles. The number of benzene rings is 2. The van der Waals surface area contributed by atoms with Crippen molar-refractivity contribution in [3.63, 3.8) is 0 Å². The van der Waals surface area contributed by atoms with Crippen LogP contribution in [0.25, 0.3) is 10.8 Å². The molecular formula is C22H18FN5O2. The van der Waals surface area contributed by atoms with Gasteiger partial charge in [0.05, 0.1) is 24.2 Å². The molecule has 0 aliphatic carbocycles. The summed E-state index contributed by atoms with van der Waals surface area (Å²) in [5, 5.41) is 11.0. The Kier molecular flexibility index (Phi) is 5.47. The zero-order chi connectivity index (χ0) is 20.9. The zero-order valence-electron chi connectivity index (χ0n) is 15.9. The molecule has 0 aliphatic rings. The van der Waals surface area contributed by atoms with Gasteiger partial charge >= 0.3 is 6.03 Å². The third-order valence-electron chi connectivity index (χ3n) is 4.52. The van der Waals surface area contributed by atoms with Crippen LogP contribution in [0.3, 0.4) is 0 Å². The second-order valence-corrected chi connectivity index (χ2v) is 6.63. The summed E-state index contributed by atoms with van der Waals surface area (Å²) in [6.45, 7) is 0.382. The molecule has 2 amide bonds. The Labute approximate surface area is 171 Å². The maximum Gasteiger partial charge on any atom is 0.319 e. The molecule has 4 rings (SSSR count). The number of aromatic nitrogens is 3. The molecule has 0 unspecified atom stereocenters. The molecule has 30 heavy (non-hydrogen) atoms. The number of hydrogen-bond acceptors (Lipinski definition) is 4. The first-order valence-electron chi connectivity index (χ1n) is 9.28. The molecule has 0 saturated carbocycles. The lowest BCUT2D eigenvalue weighted by molar-refractivity contribution is 0.251. The average Bonchev–Trinajstić information content (AvgIpc) is 2.77. The van der Waals surface area contributed by atoms with Crippen LogP contribution in [0.4, 0.5) is 14.9 Å². The standard InChI is InChI=1S/C22H18FN5O2/c23-16-7-9-17(10-8-16)26-22(30)25-13-20-18-5-1-2-6-19(18)21(29)28(27-20)14-15-4-3-11-24-12-15/h1-12H,13-14H2,(H2,25,26,30). The SMILES string of the molecule is O=C(NCc1nn(Cc2cccnc2)c(=O)c2ccccc12)Nc1ccc(F)cc1. The topological polar surface area (TPSA) is 88.9 Å². The number of nitrogens with zero attached hydrogens (tertiary/aromatic N) is 3. The Bertz CT molecular complexity index is 1240. The van der Waals surface area contributed by atoms with E-state index in [1.54, 1.807) is 36.7 Å². The number of anilines is 1. The van der Waals surface area contributed by atoms with Crippen LogP contribution in [0.1, 0.15) is 11.3 Å². The fraction of sp³-hybridized carbons (Fsp3) is 0.0909. The van der Waals surface area contributed by atoms with Crippen molar-refractivity contribution in [1.29, 1.82) is 0 Å². The third-order valence-corrected chi connectivity index (χ3v) is 4.52. The molecule has 0 spiro atoms. The lowest BCUT2D eigenvalue weighted by Crippen LogP contribution is -2.31. The number of carbonyl (C=O) groups excluding carboxylic acids is 1. The molecule has 0 bridgehead atoms. The molecule has 2 aromatic carbocycles. The lowest BCUT2D eigenvalue weighted by atomic mass is 10.1. The van der Waals surface area contributed by atoms with Crippen LogP contribution in [-0.4, -0.2) is 20.8 Å². The van der Waals surface area contributed by atoms with Crippen molar-refractivity contribution in [1.82, 2.24) is 20.1 Å². The van der Waals surface area contributed by atoms with E-state index in [0.29, 0.717) is 22.2 Å². The van der Waals surface area contributed by atoms with Gasteiger partial charge in [0.2, 0.25) is 0 Å². The van der Waals surface area contributed by atoms with Crippen molar-refractivity contribution < 1.29 is 9.18 Å². The number of fused-ring (bicyclic) bond motifs is 1. The second-order valence-electron chi connectivity index (χ2n) is 6.63. The molecule has 2 heterocycles. The fourth-order valence-corrected chi connectivity index (χ4v) is 3.08. The zero-order valence-corrected chi connectivity index (χ0v) is 15.9. The first kappa shape index (κ1) is 19.3. The summed E-state index contributed by atoms with van der Waals surface area (Å²) in [4.78, 5) is 29.1. The Morgan fingerprint density at radius 1 is 1.00 bits per heavy atom. The highest BCUT2D eigenvalue weighted by Gasteiger charge is 2.12. The summed E-state index contributed by atoms with van der Waals surface area (Å²) in [5.74, 6) is -0.382. The number of pyridine rings is 1. The average molecular weight is 403 g/mol. The van der Waals surface area contributed by atoms with Crippen LogP contribution < -0.4 is 16.2 Å². The number of halogens is 1. The van der Waals surface area contributed by atoms with Crippen molar-refractivity contribution in [3.8, 4) is 0 Å². The van der Waals surface area contributed by atoms with Crippen LogP contribution in [0.5, 0.6) is 0 Å². The van der Waals surface area contributed by atoms with E-state index in [1.165, 1.54) is 28.9 Å². The van der Waals surface area contributed by atoms with Crippen LogP contribution in [-0.2, 0) is 13.1 Å². The van der Waals surface area contributed by atoms with Gasteiger partial charge in [0, 0.05) is 23.5 Å². The van der Waals surface area contributed by atoms with Gasteiger partial charge in [-0.2, -0.15) is 5.10 Å². The number of amides is 2. The monoisotopic (exact) mass is 403 g/mol. The molecule has 2 N–H and O–H groups in total. The van der Waals surface area contributed by atoms with Crippen LogP contribution in [0.15, 0.2) is 77.9 Å². The van der Waals surface area contributed by atoms with E-state index in [0.717, 1.165) is 5.56 Å². The van der Waals surface area contributed by atoms with Crippen molar-refractivity contribution in [2.45, 2.75) is 13.1 Å². The molecule has 150 valence electrons. The first-order chi connectivity index (χ1) is 14.6. The predicted octanol–water partition coefficient (Wildman–Crippen LogP) is 3.30. The molecule has 0 saturated heterocycles. The van der Waals surface area contributed by atoms with E-state index in [9.17, 15) is 14.0 Å². The number of urea groups is 1. The molecule has 8 heteroatoms. The van der Waals surface area contributed by atoms with Crippen LogP contribution in [0, 0.1) is 5.82 Å². The van der Waals surface area contributed by atoms with E-state index in [2.05, 4.69) is 20.7 Å². The lowest BCUT2D eigenvalue weighted by Gasteiger charge is -2.12. The van der Waals surface area contributed by atoms with E-state index in [-0.39, 0.29) is 24.5 Å². The van der Waals surface area contributed by atoms with Crippen molar-refractivity contribution >= 4 is 22.5 Å². The van der Waals surface area contributed by atoms with Gasteiger partial charge in [-0.15, -0.1) is 0 Å². The highest BCUT2D eigenvalue weighted by Crippen LogP contribution is 2.14. The Morgan fingerprint density at radius 3 is 2.50 bits per heavy atom. The third kappa shape index (κ3) is 4.33. The molecule has 0 radical (unpaired) electrons. The van der Waals surface area contributed by atoms with Gasteiger partial charge in [-0.3, -0.25) is 9.78 Å². The Morgan fingerprint density at radius 2 is 1.77 bits per heavy atom. The predicted molar refractivity (Wildman–Crippen MR) is 112 cm³/mol. The van der Waals surface area contributed by atoms with Crippen molar-refractivity contribution in [2.75, 3.05) is 5.32 Å². The van der Waals surface area contributed by atoms with Gasteiger partial charge in [-0.1, -0.05) is 24.3 Å². The minimum atomic E-state index is -0.461. The molecule has 0 fully saturated rings. The van der Waals surface area contributed by atoms with Gasteiger partial charge < -0.3 is 10.6 Å². The highest BCUT2D eigenvalue weighted by atomic mass is 19.1. The normalized spacial score (nSPS) is 10.7. The van der Waals surface area contributed by atoms with Gasteiger partial charge in [0.25, 0.3) is 5.56 Å². The fourth-order valence-electron chi connectivity index (χ4n) is 3.08. The molecule has 0 atom stereocenters. The summed E-state index contributed by atoms with van der Waals surface area (Å²) in [6, 6.07) is 15.8. The van der Waals surface area contributed by atoms with Gasteiger partial charge in [-0.05, 0) is 42.0 Å². The maximum absolute atomic E-state index is 13.0. The number of hydrogen-bond donors (Lipinski definition) is 2. The molecular weight excluding hydrogens is 385 g/mol. The largest absolute Gasteiger partial charge is 0.332 e. The minimum absolute atomic E-state index is 0.112.